The molecule has 2 aromatic carbocycles. The number of benzene rings is 2. The van der Waals surface area contributed by atoms with E-state index >= 15 is 0 Å². The number of nitrogens with one attached hydrogen (secondary N) is 2. The maximum absolute atomic E-state index is 13.1. The van der Waals surface area contributed by atoms with Crippen molar-refractivity contribution in [1.82, 2.24) is 15.6 Å². The SMILES string of the molecule is O=C1NC(=O)C(=Cc2ccc3c(c2)C(=O)C(c2ccc4ccccc4n2)=C3O)C(=O)N1. The molecule has 1 saturated heterocycles. The number of allylic oxidation sites excluding steroid dienone is 1. The molecule has 0 spiro atoms. The number of Topliss-reactive ketones (excluding diaryl/α,β-unsaturated/α-hetero) is 1. The van der Waals surface area contributed by atoms with Crippen molar-refractivity contribution in [3.05, 3.63) is 82.6 Å². The first kappa shape index (κ1) is 18.4. The summed E-state index contributed by atoms with van der Waals surface area (Å²) in [4.78, 5) is 52.6. The number of para-hydroxylation sites is 1. The van der Waals surface area contributed by atoms with Gasteiger partial charge in [0.1, 0.15) is 11.3 Å². The number of aromatic nitrogens is 1. The van der Waals surface area contributed by atoms with Crippen LogP contribution in [-0.4, -0.2) is 33.7 Å². The van der Waals surface area contributed by atoms with Crippen LogP contribution in [0.25, 0.3) is 28.3 Å². The third-order valence-electron chi connectivity index (χ3n) is 5.12. The van der Waals surface area contributed by atoms with E-state index in [1.54, 1.807) is 12.1 Å². The van der Waals surface area contributed by atoms with E-state index in [-0.39, 0.29) is 22.5 Å². The predicted molar refractivity (Wildman–Crippen MR) is 112 cm³/mol. The monoisotopic (exact) mass is 411 g/mol. The fraction of sp³-hybridized carbons (Fsp3) is 0. The molecule has 1 aromatic heterocycles. The summed E-state index contributed by atoms with van der Waals surface area (Å²) in [5, 5.41) is 15.6. The van der Waals surface area contributed by atoms with E-state index in [1.807, 2.05) is 41.0 Å². The predicted octanol–water partition coefficient (Wildman–Crippen LogP) is 2.61. The Hall–Kier alpha value is -4.59. The fourth-order valence-electron chi connectivity index (χ4n) is 3.64. The van der Waals surface area contributed by atoms with E-state index < -0.39 is 23.6 Å². The summed E-state index contributed by atoms with van der Waals surface area (Å²) in [5.74, 6) is -2.26. The molecule has 4 amide bonds. The number of carbonyl (C=O) groups is 4. The Morgan fingerprint density at radius 3 is 2.35 bits per heavy atom. The number of ketones is 1. The van der Waals surface area contributed by atoms with Gasteiger partial charge in [0.25, 0.3) is 11.8 Å². The number of pyridine rings is 1. The quantitative estimate of drug-likeness (QED) is 0.440. The van der Waals surface area contributed by atoms with Crippen LogP contribution in [0.15, 0.2) is 60.2 Å². The Bertz CT molecular complexity index is 1400. The largest absolute Gasteiger partial charge is 0.506 e. The minimum Gasteiger partial charge on any atom is -0.506 e. The van der Waals surface area contributed by atoms with E-state index in [2.05, 4.69) is 4.98 Å². The summed E-state index contributed by atoms with van der Waals surface area (Å²) in [6.45, 7) is 0. The Morgan fingerprint density at radius 2 is 1.58 bits per heavy atom. The molecule has 0 unspecified atom stereocenters. The molecule has 5 rings (SSSR count). The highest BCUT2D eigenvalue weighted by Gasteiger charge is 2.32. The number of amides is 4. The van der Waals surface area contributed by atoms with Crippen molar-refractivity contribution in [3.63, 3.8) is 0 Å². The third-order valence-corrected chi connectivity index (χ3v) is 5.12. The maximum atomic E-state index is 13.1. The van der Waals surface area contributed by atoms with Crippen LogP contribution >= 0.6 is 0 Å². The standard InChI is InChI=1S/C23H13N3O5/c27-19-13-7-5-11(10-15-21(29)25-23(31)26-22(15)30)9-14(13)20(28)18(19)17-8-6-12-3-1-2-4-16(12)24-17/h1-10,27H,(H2,25,26,29,30,31). The molecular formula is C23H13N3O5. The van der Waals surface area contributed by atoms with Crippen molar-refractivity contribution in [2.45, 2.75) is 0 Å². The number of urea groups is 1. The lowest BCUT2D eigenvalue weighted by molar-refractivity contribution is -0.123. The fourth-order valence-corrected chi connectivity index (χ4v) is 3.64. The Kier molecular flexibility index (Phi) is 4.01. The molecule has 1 aliphatic carbocycles. The maximum Gasteiger partial charge on any atom is 0.328 e. The van der Waals surface area contributed by atoms with Gasteiger partial charge in [-0.25, -0.2) is 9.78 Å². The normalized spacial score (nSPS) is 15.8. The van der Waals surface area contributed by atoms with Gasteiger partial charge in [0.2, 0.25) is 0 Å². The van der Waals surface area contributed by atoms with Gasteiger partial charge in [-0.05, 0) is 35.9 Å². The molecule has 1 aliphatic heterocycles. The number of carbonyl (C=O) groups excluding carboxylic acids is 4. The molecule has 1 fully saturated rings. The summed E-state index contributed by atoms with van der Waals surface area (Å²) in [6, 6.07) is 14.6. The zero-order chi connectivity index (χ0) is 21.7. The molecule has 150 valence electrons. The molecule has 0 atom stereocenters. The average molecular weight is 411 g/mol. The number of hydrogen-bond donors (Lipinski definition) is 3. The van der Waals surface area contributed by atoms with Gasteiger partial charge in [-0.15, -0.1) is 0 Å². The Labute approximate surface area is 174 Å². The molecule has 3 N–H and O–H groups in total. The summed E-state index contributed by atoms with van der Waals surface area (Å²) in [6.07, 6.45) is 1.27. The number of aliphatic hydroxyl groups is 1. The first-order valence-corrected chi connectivity index (χ1v) is 9.29. The van der Waals surface area contributed by atoms with Gasteiger partial charge in [0, 0.05) is 16.5 Å². The second kappa shape index (κ2) is 6.74. The topological polar surface area (TPSA) is 125 Å². The van der Waals surface area contributed by atoms with Gasteiger partial charge < -0.3 is 5.11 Å². The number of nitrogens with zero attached hydrogens (tertiary/aromatic N) is 1. The van der Waals surface area contributed by atoms with Gasteiger partial charge in [-0.2, -0.15) is 0 Å². The average Bonchev–Trinajstić information content (AvgIpc) is 3.00. The second-order valence-corrected chi connectivity index (χ2v) is 7.04. The van der Waals surface area contributed by atoms with E-state index in [9.17, 15) is 24.3 Å². The minimum absolute atomic E-state index is 0.0873. The van der Waals surface area contributed by atoms with E-state index in [0.29, 0.717) is 22.3 Å². The van der Waals surface area contributed by atoms with Crippen molar-refractivity contribution in [2.24, 2.45) is 0 Å². The minimum atomic E-state index is -0.891. The summed E-state index contributed by atoms with van der Waals surface area (Å²) >= 11 is 0. The van der Waals surface area contributed by atoms with Crippen LogP contribution in [0.5, 0.6) is 0 Å². The Balaban J connectivity index is 1.54. The summed E-state index contributed by atoms with van der Waals surface area (Å²) in [7, 11) is 0. The van der Waals surface area contributed by atoms with E-state index in [0.717, 1.165) is 5.39 Å². The van der Waals surface area contributed by atoms with Crippen LogP contribution in [0.3, 0.4) is 0 Å². The third kappa shape index (κ3) is 2.98. The lowest BCUT2D eigenvalue weighted by atomic mass is 10.0. The number of hydrogen-bond acceptors (Lipinski definition) is 6. The van der Waals surface area contributed by atoms with Crippen LogP contribution in [0.2, 0.25) is 0 Å². The number of barbiturate groups is 1. The molecule has 0 bridgehead atoms. The summed E-state index contributed by atoms with van der Waals surface area (Å²) < 4.78 is 0. The smallest absolute Gasteiger partial charge is 0.328 e. The number of fused-ring (bicyclic) bond motifs is 2. The van der Waals surface area contributed by atoms with Crippen LogP contribution in [0.4, 0.5) is 4.79 Å². The van der Waals surface area contributed by atoms with Gasteiger partial charge in [-0.3, -0.25) is 25.0 Å². The van der Waals surface area contributed by atoms with Crippen LogP contribution in [0.1, 0.15) is 27.2 Å². The summed E-state index contributed by atoms with van der Waals surface area (Å²) in [5.41, 5.74) is 1.82. The van der Waals surface area contributed by atoms with Gasteiger partial charge >= 0.3 is 6.03 Å². The highest BCUT2D eigenvalue weighted by Crippen LogP contribution is 2.37. The van der Waals surface area contributed by atoms with Crippen molar-refractivity contribution < 1.29 is 24.3 Å². The first-order valence-electron chi connectivity index (χ1n) is 9.29. The van der Waals surface area contributed by atoms with E-state index in [4.69, 9.17) is 0 Å². The lowest BCUT2D eigenvalue weighted by Gasteiger charge is -2.14. The molecule has 31 heavy (non-hydrogen) atoms. The van der Waals surface area contributed by atoms with Crippen LogP contribution in [0, 0.1) is 0 Å². The molecule has 8 heteroatoms. The van der Waals surface area contributed by atoms with Gasteiger partial charge in [0.15, 0.2) is 5.78 Å². The first-order chi connectivity index (χ1) is 14.9. The highest BCUT2D eigenvalue weighted by atomic mass is 16.3. The van der Waals surface area contributed by atoms with Crippen LogP contribution in [-0.2, 0) is 9.59 Å². The van der Waals surface area contributed by atoms with Crippen molar-refractivity contribution in [3.8, 4) is 0 Å². The molecule has 2 heterocycles. The number of aliphatic hydroxyl groups excluding tert-OH is 1. The van der Waals surface area contributed by atoms with Gasteiger partial charge in [0.05, 0.1) is 16.8 Å². The van der Waals surface area contributed by atoms with E-state index in [1.165, 1.54) is 18.2 Å². The number of rotatable bonds is 2. The van der Waals surface area contributed by atoms with Crippen molar-refractivity contribution in [1.29, 1.82) is 0 Å². The molecule has 8 nitrogen and oxygen atoms in total. The lowest BCUT2D eigenvalue weighted by Crippen LogP contribution is -2.51. The zero-order valence-corrected chi connectivity index (χ0v) is 15.8. The molecular weight excluding hydrogens is 398 g/mol. The second-order valence-electron chi connectivity index (χ2n) is 7.04. The molecule has 0 saturated carbocycles. The Morgan fingerprint density at radius 1 is 0.839 bits per heavy atom. The zero-order valence-electron chi connectivity index (χ0n) is 15.8. The van der Waals surface area contributed by atoms with Gasteiger partial charge in [-0.1, -0.05) is 30.3 Å². The molecule has 0 radical (unpaired) electrons. The highest BCUT2D eigenvalue weighted by molar-refractivity contribution is 6.39. The van der Waals surface area contributed by atoms with Crippen molar-refractivity contribution in [2.75, 3.05) is 0 Å². The number of imide groups is 2. The molecule has 2 aliphatic rings. The van der Waals surface area contributed by atoms with Crippen molar-refractivity contribution >= 4 is 51.9 Å². The van der Waals surface area contributed by atoms with Crippen LogP contribution < -0.4 is 10.6 Å². The molecule has 3 aromatic rings.